The van der Waals surface area contributed by atoms with Gasteiger partial charge in [0, 0.05) is 37.9 Å². The lowest BCUT2D eigenvalue weighted by Gasteiger charge is -2.30. The van der Waals surface area contributed by atoms with Crippen LogP contribution in [0.4, 0.5) is 4.79 Å². The molecule has 2 N–H and O–H groups in total. The van der Waals surface area contributed by atoms with E-state index < -0.39 is 6.23 Å². The Morgan fingerprint density at radius 1 is 1.15 bits per heavy atom. The van der Waals surface area contributed by atoms with Crippen LogP contribution < -0.4 is 20.1 Å². The number of carbonyl (C=O) groups excluding carboxylic acids is 1. The number of nitrogens with one attached hydrogen (secondary N) is 2. The molecule has 7 nitrogen and oxygen atoms in total. The Kier molecular flexibility index (Phi) is 9.71. The highest BCUT2D eigenvalue weighted by molar-refractivity contribution is 5.85. The molecular weight excluding hydrogens is 391 g/mol. The van der Waals surface area contributed by atoms with Crippen LogP contribution in [-0.4, -0.2) is 49.2 Å². The zero-order valence-corrected chi connectivity index (χ0v) is 16.6. The third-order valence-electron chi connectivity index (χ3n) is 3.97. The van der Waals surface area contributed by atoms with E-state index in [2.05, 4.69) is 15.6 Å². The van der Waals surface area contributed by atoms with Crippen molar-refractivity contribution in [3.05, 3.63) is 54.4 Å². The van der Waals surface area contributed by atoms with E-state index in [1.54, 1.807) is 36.5 Å². The number of hydrogen-bond acceptors (Lipinski definition) is 5. The largest absolute Gasteiger partial charge is 0.497 e. The summed E-state index contributed by atoms with van der Waals surface area (Å²) in [5.74, 6) is 1.33. The van der Waals surface area contributed by atoms with Gasteiger partial charge in [-0.2, -0.15) is 0 Å². The van der Waals surface area contributed by atoms with E-state index >= 15 is 0 Å². The Morgan fingerprint density at radius 2 is 1.85 bits per heavy atom. The minimum atomic E-state index is -0.613. The highest BCUT2D eigenvalue weighted by Gasteiger charge is 2.22. The first-order chi connectivity index (χ1) is 12.3. The number of amides is 2. The van der Waals surface area contributed by atoms with Gasteiger partial charge in [0.1, 0.15) is 11.5 Å². The van der Waals surface area contributed by atoms with Crippen molar-refractivity contribution in [2.75, 3.05) is 33.3 Å². The third-order valence-corrected chi connectivity index (χ3v) is 3.97. The number of pyridine rings is 1. The van der Waals surface area contributed by atoms with E-state index in [-0.39, 0.29) is 30.8 Å². The van der Waals surface area contributed by atoms with Crippen LogP contribution in [0.3, 0.4) is 0 Å². The smallest absolute Gasteiger partial charge is 0.320 e. The van der Waals surface area contributed by atoms with Gasteiger partial charge in [-0.15, -0.1) is 24.8 Å². The van der Waals surface area contributed by atoms with Gasteiger partial charge in [-0.05, 0) is 36.4 Å². The Hall–Kier alpha value is -2.22. The predicted octanol–water partition coefficient (Wildman–Crippen LogP) is 2.63. The first-order valence-corrected chi connectivity index (χ1v) is 8.23. The summed E-state index contributed by atoms with van der Waals surface area (Å²) >= 11 is 0. The zero-order valence-electron chi connectivity index (χ0n) is 15.0. The van der Waals surface area contributed by atoms with Crippen LogP contribution in [0.15, 0.2) is 48.8 Å². The molecule has 3 rings (SSSR count). The van der Waals surface area contributed by atoms with Gasteiger partial charge in [0.05, 0.1) is 13.3 Å². The molecule has 0 spiro atoms. The second-order valence-electron chi connectivity index (χ2n) is 5.65. The summed E-state index contributed by atoms with van der Waals surface area (Å²) in [5.41, 5.74) is 0.827. The topological polar surface area (TPSA) is 75.7 Å². The van der Waals surface area contributed by atoms with Crippen LogP contribution in [0, 0.1) is 0 Å². The van der Waals surface area contributed by atoms with Crippen LogP contribution >= 0.6 is 24.8 Å². The molecule has 1 aliphatic heterocycles. The van der Waals surface area contributed by atoms with E-state index in [1.165, 1.54) is 0 Å². The first-order valence-electron chi connectivity index (χ1n) is 8.23. The molecule has 0 unspecified atom stereocenters. The minimum Gasteiger partial charge on any atom is -0.497 e. The number of urea groups is 1. The third kappa shape index (κ3) is 6.46. The molecule has 0 saturated carbocycles. The van der Waals surface area contributed by atoms with Gasteiger partial charge in [0.2, 0.25) is 0 Å². The van der Waals surface area contributed by atoms with Gasteiger partial charge in [-0.1, -0.05) is 0 Å². The molecule has 1 aromatic heterocycles. The summed E-state index contributed by atoms with van der Waals surface area (Å²) in [5, 5.41) is 6.19. The number of aromatic nitrogens is 1. The molecule has 1 atom stereocenters. The summed E-state index contributed by atoms with van der Waals surface area (Å²) in [4.78, 5) is 18.4. The minimum absolute atomic E-state index is 0. The molecule has 0 aliphatic carbocycles. The second-order valence-corrected chi connectivity index (χ2v) is 5.65. The summed E-state index contributed by atoms with van der Waals surface area (Å²) < 4.78 is 11.1. The molecule has 9 heteroatoms. The number of hydrogen-bond donors (Lipinski definition) is 2. The van der Waals surface area contributed by atoms with Crippen molar-refractivity contribution >= 4 is 30.8 Å². The van der Waals surface area contributed by atoms with E-state index in [0.29, 0.717) is 18.8 Å². The van der Waals surface area contributed by atoms with Crippen molar-refractivity contribution in [3.63, 3.8) is 0 Å². The standard InChI is InChI=1S/C18H22N4O3.2ClH/c1-24-15-6-4-14(5-7-15)17(25-16-3-2-8-20-13-16)21-18(23)22-11-9-19-10-12-22;;/h2-8,13,17,19H,9-12H2,1H3,(H,21,23);2*1H/t17-;;/m1../s1. The summed E-state index contributed by atoms with van der Waals surface area (Å²) in [6, 6.07) is 10.9. The number of methoxy groups -OCH3 is 1. The van der Waals surface area contributed by atoms with Crippen molar-refractivity contribution in [2.45, 2.75) is 6.23 Å². The lowest BCUT2D eigenvalue weighted by molar-refractivity contribution is 0.139. The summed E-state index contributed by atoms with van der Waals surface area (Å²) in [6.45, 7) is 2.94. The highest BCUT2D eigenvalue weighted by atomic mass is 35.5. The van der Waals surface area contributed by atoms with Gasteiger partial charge >= 0.3 is 6.03 Å². The summed E-state index contributed by atoms with van der Waals surface area (Å²) in [7, 11) is 1.62. The van der Waals surface area contributed by atoms with Crippen molar-refractivity contribution < 1.29 is 14.3 Å². The fraction of sp³-hybridized carbons (Fsp3) is 0.333. The van der Waals surface area contributed by atoms with Crippen molar-refractivity contribution in [1.29, 1.82) is 0 Å². The van der Waals surface area contributed by atoms with Gasteiger partial charge in [0.15, 0.2) is 6.23 Å². The average Bonchev–Trinajstić information content (AvgIpc) is 2.69. The van der Waals surface area contributed by atoms with Crippen molar-refractivity contribution in [1.82, 2.24) is 20.5 Å². The molecule has 0 radical (unpaired) electrons. The van der Waals surface area contributed by atoms with Crippen molar-refractivity contribution in [2.24, 2.45) is 0 Å². The number of rotatable bonds is 5. The molecule has 1 fully saturated rings. The molecule has 1 saturated heterocycles. The van der Waals surface area contributed by atoms with Crippen LogP contribution in [0.1, 0.15) is 11.8 Å². The lowest BCUT2D eigenvalue weighted by atomic mass is 10.2. The number of benzene rings is 1. The number of ether oxygens (including phenoxy) is 2. The molecule has 2 amide bonds. The van der Waals surface area contributed by atoms with Crippen LogP contribution in [0.2, 0.25) is 0 Å². The number of nitrogens with zero attached hydrogens (tertiary/aromatic N) is 2. The molecule has 27 heavy (non-hydrogen) atoms. The molecule has 2 aromatic rings. The number of piperazine rings is 1. The molecule has 1 aliphatic rings. The Morgan fingerprint density at radius 3 is 2.44 bits per heavy atom. The number of halogens is 2. The maximum Gasteiger partial charge on any atom is 0.320 e. The molecule has 148 valence electrons. The summed E-state index contributed by atoms with van der Waals surface area (Å²) in [6.07, 6.45) is 2.68. The number of carbonyl (C=O) groups is 1. The SMILES string of the molecule is COc1ccc([C@H](NC(=O)N2CCNCC2)Oc2cccnc2)cc1.Cl.Cl. The monoisotopic (exact) mass is 414 g/mol. The van der Waals surface area contributed by atoms with Crippen LogP contribution in [-0.2, 0) is 0 Å². The van der Waals surface area contributed by atoms with E-state index in [9.17, 15) is 4.79 Å². The molecule has 1 aromatic carbocycles. The Labute approximate surface area is 171 Å². The Bertz CT molecular complexity index is 683. The quantitative estimate of drug-likeness (QED) is 0.735. The van der Waals surface area contributed by atoms with Gasteiger partial charge in [-0.3, -0.25) is 10.3 Å². The van der Waals surface area contributed by atoms with E-state index in [0.717, 1.165) is 24.4 Å². The average molecular weight is 415 g/mol. The Balaban J connectivity index is 0.00000182. The van der Waals surface area contributed by atoms with Gasteiger partial charge < -0.3 is 19.7 Å². The van der Waals surface area contributed by atoms with Crippen LogP contribution in [0.5, 0.6) is 11.5 Å². The maximum absolute atomic E-state index is 12.6. The lowest BCUT2D eigenvalue weighted by Crippen LogP contribution is -2.51. The van der Waals surface area contributed by atoms with E-state index in [1.807, 2.05) is 24.3 Å². The maximum atomic E-state index is 12.6. The molecular formula is C18H24Cl2N4O3. The van der Waals surface area contributed by atoms with Crippen molar-refractivity contribution in [3.8, 4) is 11.5 Å². The molecule has 0 bridgehead atoms. The second kappa shape index (κ2) is 11.5. The fourth-order valence-electron chi connectivity index (χ4n) is 2.58. The first kappa shape index (κ1) is 22.8. The van der Waals surface area contributed by atoms with E-state index in [4.69, 9.17) is 9.47 Å². The normalized spacial score (nSPS) is 14.2. The van der Waals surface area contributed by atoms with Gasteiger partial charge in [-0.25, -0.2) is 4.79 Å². The fourth-order valence-corrected chi connectivity index (χ4v) is 2.58. The highest BCUT2D eigenvalue weighted by Crippen LogP contribution is 2.22. The zero-order chi connectivity index (χ0) is 17.5. The molecule has 2 heterocycles. The van der Waals surface area contributed by atoms with Gasteiger partial charge in [0.25, 0.3) is 0 Å². The van der Waals surface area contributed by atoms with Crippen LogP contribution in [0.25, 0.3) is 0 Å². The predicted molar refractivity (Wildman–Crippen MR) is 108 cm³/mol.